The fourth-order valence-corrected chi connectivity index (χ4v) is 3.17. The second kappa shape index (κ2) is 7.67. The molecule has 2 heterocycles. The molecule has 27 heavy (non-hydrogen) atoms. The summed E-state index contributed by atoms with van der Waals surface area (Å²) in [4.78, 5) is 37.2. The number of halogens is 2. The summed E-state index contributed by atoms with van der Waals surface area (Å²) in [5.41, 5.74) is 2.65. The Morgan fingerprint density at radius 2 is 2.04 bits per heavy atom. The van der Waals surface area contributed by atoms with E-state index in [-0.39, 0.29) is 22.9 Å². The van der Waals surface area contributed by atoms with Gasteiger partial charge in [-0.25, -0.2) is 9.18 Å². The largest absolute Gasteiger partial charge is 0.465 e. The highest BCUT2D eigenvalue weighted by Crippen LogP contribution is 2.21. The minimum atomic E-state index is -1.18. The van der Waals surface area contributed by atoms with Crippen molar-refractivity contribution < 1.29 is 23.9 Å². The number of carboxylic acid groups (broad SMARTS) is 1. The third kappa shape index (κ3) is 4.03. The Morgan fingerprint density at radius 3 is 2.74 bits per heavy atom. The van der Waals surface area contributed by atoms with Gasteiger partial charge in [-0.2, -0.15) is 0 Å². The van der Waals surface area contributed by atoms with Gasteiger partial charge in [0.2, 0.25) is 0 Å². The van der Waals surface area contributed by atoms with Crippen LogP contribution in [0.4, 0.5) is 14.9 Å². The van der Waals surface area contributed by atoms with Gasteiger partial charge in [-0.05, 0) is 37.1 Å². The van der Waals surface area contributed by atoms with Crippen LogP contribution < -0.4 is 10.7 Å². The van der Waals surface area contributed by atoms with Gasteiger partial charge >= 0.3 is 6.09 Å². The molecule has 3 amide bonds. The number of nitrogens with one attached hydrogen (secondary N) is 2. The number of likely N-dealkylation sites (tertiary alicyclic amines) is 1. The molecule has 1 aliphatic heterocycles. The third-order valence-corrected chi connectivity index (χ3v) is 4.47. The second-order valence-electron chi connectivity index (χ2n) is 5.96. The average Bonchev–Trinajstić information content (AvgIpc) is 3.22. The highest BCUT2D eigenvalue weighted by molar-refractivity contribution is 6.34. The summed E-state index contributed by atoms with van der Waals surface area (Å²) in [7, 11) is 0. The molecule has 1 fully saturated rings. The summed E-state index contributed by atoms with van der Waals surface area (Å²) in [6, 6.07) is 5.88. The van der Waals surface area contributed by atoms with Crippen LogP contribution in [0.1, 0.15) is 23.3 Å². The monoisotopic (exact) mass is 394 g/mol. The van der Waals surface area contributed by atoms with Crippen molar-refractivity contribution in [1.82, 2.24) is 9.58 Å². The van der Waals surface area contributed by atoms with Gasteiger partial charge in [-0.1, -0.05) is 17.7 Å². The van der Waals surface area contributed by atoms with Gasteiger partial charge in [0.1, 0.15) is 17.6 Å². The Morgan fingerprint density at radius 1 is 1.26 bits per heavy atom. The van der Waals surface area contributed by atoms with Crippen LogP contribution in [0.3, 0.4) is 0 Å². The molecule has 1 atom stereocenters. The van der Waals surface area contributed by atoms with E-state index >= 15 is 0 Å². The third-order valence-electron chi connectivity index (χ3n) is 4.17. The van der Waals surface area contributed by atoms with E-state index in [9.17, 15) is 18.8 Å². The maximum absolute atomic E-state index is 13.3. The highest BCUT2D eigenvalue weighted by atomic mass is 35.5. The summed E-state index contributed by atoms with van der Waals surface area (Å²) < 4.78 is 14.4. The summed E-state index contributed by atoms with van der Waals surface area (Å²) in [6.07, 6.45) is 1.16. The molecular weight excluding hydrogens is 379 g/mol. The number of aromatic nitrogens is 1. The molecule has 0 spiro atoms. The van der Waals surface area contributed by atoms with Crippen molar-refractivity contribution in [3.8, 4) is 0 Å². The van der Waals surface area contributed by atoms with Crippen molar-refractivity contribution in [2.45, 2.75) is 18.9 Å². The van der Waals surface area contributed by atoms with Crippen LogP contribution in [0.2, 0.25) is 5.02 Å². The van der Waals surface area contributed by atoms with Crippen LogP contribution in [0.15, 0.2) is 36.5 Å². The lowest BCUT2D eigenvalue weighted by Crippen LogP contribution is -2.44. The Labute approximate surface area is 158 Å². The molecule has 1 aromatic heterocycles. The normalized spacial score (nSPS) is 16.2. The lowest BCUT2D eigenvalue weighted by atomic mass is 10.2. The van der Waals surface area contributed by atoms with Crippen molar-refractivity contribution in [2.24, 2.45) is 0 Å². The van der Waals surface area contributed by atoms with Crippen LogP contribution >= 0.6 is 11.6 Å². The molecular formula is C17H16ClFN4O4. The Bertz CT molecular complexity index is 901. The molecule has 1 aliphatic rings. The van der Waals surface area contributed by atoms with Crippen LogP contribution in [-0.2, 0) is 4.79 Å². The van der Waals surface area contributed by atoms with E-state index in [1.54, 1.807) is 0 Å². The molecule has 3 rings (SSSR count). The van der Waals surface area contributed by atoms with Gasteiger partial charge < -0.3 is 10.4 Å². The van der Waals surface area contributed by atoms with Crippen molar-refractivity contribution in [1.29, 1.82) is 0 Å². The zero-order chi connectivity index (χ0) is 19.6. The molecule has 0 bridgehead atoms. The minimum Gasteiger partial charge on any atom is -0.465 e. The predicted molar refractivity (Wildman–Crippen MR) is 95.9 cm³/mol. The number of amides is 3. The lowest BCUT2D eigenvalue weighted by Gasteiger charge is -2.21. The standard InChI is InChI=1S/C17H16ClFN4O4/c18-12-6-8-23(21-15(24)13-5-2-7-22(13)17(26)27)14(12)16(25)20-11-4-1-3-10(19)9-11/h1,3-4,6,8-9,13H,2,5,7H2,(H,20,25)(H,21,24)(H,26,27)/t13-/m0/s1. The molecule has 0 unspecified atom stereocenters. The molecule has 1 aromatic carbocycles. The number of rotatable bonds is 4. The molecule has 8 nitrogen and oxygen atoms in total. The number of hydrogen-bond donors (Lipinski definition) is 3. The quantitative estimate of drug-likeness (QED) is 0.741. The average molecular weight is 395 g/mol. The Kier molecular flexibility index (Phi) is 5.31. The first kappa shape index (κ1) is 18.7. The summed E-state index contributed by atoms with van der Waals surface area (Å²) >= 11 is 6.05. The molecule has 0 aliphatic carbocycles. The van der Waals surface area contributed by atoms with Gasteiger partial charge in [0.05, 0.1) is 5.02 Å². The Balaban J connectivity index is 1.77. The molecule has 2 aromatic rings. The Hall–Kier alpha value is -3.07. The van der Waals surface area contributed by atoms with Crippen molar-refractivity contribution in [2.75, 3.05) is 17.3 Å². The fourth-order valence-electron chi connectivity index (χ4n) is 2.94. The number of benzene rings is 1. The molecule has 0 saturated carbocycles. The van der Waals surface area contributed by atoms with Crippen LogP contribution in [0.5, 0.6) is 0 Å². The van der Waals surface area contributed by atoms with E-state index < -0.39 is 29.8 Å². The van der Waals surface area contributed by atoms with E-state index in [1.165, 1.54) is 30.5 Å². The zero-order valence-corrected chi connectivity index (χ0v) is 14.7. The number of anilines is 1. The van der Waals surface area contributed by atoms with Gasteiger partial charge in [-0.15, -0.1) is 0 Å². The fraction of sp³-hybridized carbons (Fsp3) is 0.235. The van der Waals surface area contributed by atoms with Crippen molar-refractivity contribution in [3.05, 3.63) is 53.1 Å². The minimum absolute atomic E-state index is 0.0610. The van der Waals surface area contributed by atoms with Crippen molar-refractivity contribution in [3.63, 3.8) is 0 Å². The van der Waals surface area contributed by atoms with E-state index in [1.807, 2.05) is 0 Å². The second-order valence-corrected chi connectivity index (χ2v) is 6.36. The molecule has 3 N–H and O–H groups in total. The van der Waals surface area contributed by atoms with E-state index in [4.69, 9.17) is 16.7 Å². The number of nitrogens with zero attached hydrogens (tertiary/aromatic N) is 2. The van der Waals surface area contributed by atoms with E-state index in [0.717, 1.165) is 15.6 Å². The summed E-state index contributed by atoms with van der Waals surface area (Å²) in [6.45, 7) is 0.271. The smallest absolute Gasteiger partial charge is 0.407 e. The SMILES string of the molecule is O=C(Nc1cccc(F)c1)c1c(Cl)ccn1NC(=O)[C@@H]1CCCN1C(=O)O. The summed E-state index contributed by atoms with van der Waals surface area (Å²) in [5, 5.41) is 11.7. The first-order valence-corrected chi connectivity index (χ1v) is 8.49. The number of hydrogen-bond acceptors (Lipinski definition) is 3. The molecule has 0 radical (unpaired) electrons. The van der Waals surface area contributed by atoms with Crippen LogP contribution in [0.25, 0.3) is 0 Å². The predicted octanol–water partition coefficient (Wildman–Crippen LogP) is 2.75. The summed E-state index contributed by atoms with van der Waals surface area (Å²) in [5.74, 6) is -1.74. The van der Waals surface area contributed by atoms with Crippen molar-refractivity contribution >= 4 is 35.2 Å². The molecule has 10 heteroatoms. The van der Waals surface area contributed by atoms with E-state index in [2.05, 4.69) is 10.7 Å². The number of carbonyl (C=O) groups excluding carboxylic acids is 2. The van der Waals surface area contributed by atoms with Gasteiger partial charge in [-0.3, -0.25) is 24.6 Å². The van der Waals surface area contributed by atoms with Crippen LogP contribution in [0, 0.1) is 5.82 Å². The highest BCUT2D eigenvalue weighted by Gasteiger charge is 2.34. The molecule has 1 saturated heterocycles. The maximum Gasteiger partial charge on any atom is 0.407 e. The van der Waals surface area contributed by atoms with Gasteiger partial charge in [0.25, 0.3) is 11.8 Å². The van der Waals surface area contributed by atoms with E-state index in [0.29, 0.717) is 12.8 Å². The topological polar surface area (TPSA) is 104 Å². The zero-order valence-electron chi connectivity index (χ0n) is 14.0. The van der Waals surface area contributed by atoms with Gasteiger partial charge in [0, 0.05) is 18.4 Å². The molecule has 142 valence electrons. The van der Waals surface area contributed by atoms with Crippen LogP contribution in [-0.4, -0.2) is 45.2 Å². The number of carbonyl (C=O) groups is 3. The first-order valence-electron chi connectivity index (χ1n) is 8.11. The van der Waals surface area contributed by atoms with Gasteiger partial charge in [0.15, 0.2) is 0 Å². The maximum atomic E-state index is 13.3. The lowest BCUT2D eigenvalue weighted by molar-refractivity contribution is -0.120. The first-order chi connectivity index (χ1) is 12.9.